The molecule has 0 bridgehead atoms. The van der Waals surface area contributed by atoms with Gasteiger partial charge in [0.2, 0.25) is 5.91 Å². The molecule has 1 saturated carbocycles. The number of hydrogen-bond donors (Lipinski definition) is 2. The number of amides is 1. The molecule has 0 aliphatic heterocycles. The molecular formula is C15H24N4O3S. The minimum Gasteiger partial charge on any atom is -0.480 e. The molecule has 0 saturated heterocycles. The van der Waals surface area contributed by atoms with Crippen LogP contribution in [0.3, 0.4) is 0 Å². The van der Waals surface area contributed by atoms with Gasteiger partial charge in [-0.15, -0.1) is 10.2 Å². The summed E-state index contributed by atoms with van der Waals surface area (Å²) in [7, 11) is 0. The molecule has 7 nitrogen and oxygen atoms in total. The predicted octanol–water partition coefficient (Wildman–Crippen LogP) is 1.57. The summed E-state index contributed by atoms with van der Waals surface area (Å²) in [4.78, 5) is 23.0. The zero-order valence-corrected chi connectivity index (χ0v) is 14.7. The quantitative estimate of drug-likeness (QED) is 0.402. The van der Waals surface area contributed by atoms with Gasteiger partial charge in [0.1, 0.15) is 11.2 Å². The van der Waals surface area contributed by atoms with Crippen LogP contribution < -0.4 is 5.32 Å². The van der Waals surface area contributed by atoms with Crippen LogP contribution in [0.5, 0.6) is 0 Å². The number of carbonyl (C=O) groups excluding carboxylic acids is 1. The van der Waals surface area contributed by atoms with Gasteiger partial charge in [0.15, 0.2) is 5.16 Å². The third kappa shape index (κ3) is 4.04. The third-order valence-electron chi connectivity index (χ3n) is 3.98. The van der Waals surface area contributed by atoms with Crippen LogP contribution in [-0.2, 0) is 22.6 Å². The molecule has 0 aromatic carbocycles. The summed E-state index contributed by atoms with van der Waals surface area (Å²) in [5.74, 6) is 0.0343. The first-order chi connectivity index (χ1) is 10.9. The van der Waals surface area contributed by atoms with Crippen molar-refractivity contribution in [1.82, 2.24) is 20.1 Å². The van der Waals surface area contributed by atoms with Gasteiger partial charge in [0.05, 0.1) is 0 Å². The van der Waals surface area contributed by atoms with Crippen LogP contribution in [0, 0.1) is 11.3 Å². The lowest BCUT2D eigenvalue weighted by atomic mass is 10.1. The van der Waals surface area contributed by atoms with Crippen LogP contribution in [0.1, 0.15) is 38.9 Å². The lowest BCUT2D eigenvalue weighted by Crippen LogP contribution is -2.37. The molecule has 1 heterocycles. The fourth-order valence-electron chi connectivity index (χ4n) is 2.48. The largest absolute Gasteiger partial charge is 0.480 e. The van der Waals surface area contributed by atoms with Gasteiger partial charge in [0.25, 0.3) is 0 Å². The fourth-order valence-corrected chi connectivity index (χ4v) is 3.01. The monoisotopic (exact) mass is 340 g/mol. The number of carbonyl (C=O) groups is 2. The van der Waals surface area contributed by atoms with Crippen molar-refractivity contribution in [2.24, 2.45) is 11.3 Å². The predicted molar refractivity (Wildman–Crippen MR) is 87.3 cm³/mol. The lowest BCUT2D eigenvalue weighted by Gasteiger charge is -2.12. The van der Waals surface area contributed by atoms with Crippen molar-refractivity contribution in [2.75, 3.05) is 12.8 Å². The number of nitrogens with one attached hydrogen (secondary N) is 1. The normalized spacial score (nSPS) is 15.7. The van der Waals surface area contributed by atoms with Crippen molar-refractivity contribution in [3.63, 3.8) is 0 Å². The highest BCUT2D eigenvalue weighted by molar-refractivity contribution is 7.98. The number of nitrogens with zero attached hydrogens (tertiary/aromatic N) is 3. The Morgan fingerprint density at radius 1 is 1.39 bits per heavy atom. The SMILES string of the molecule is CSc1nnc(CCCNC(=O)C2(C(=O)O)CC2)n1CC(C)C. The fraction of sp³-hybridized carbons (Fsp3) is 0.733. The summed E-state index contributed by atoms with van der Waals surface area (Å²) in [6, 6.07) is 0. The smallest absolute Gasteiger partial charge is 0.319 e. The average molecular weight is 340 g/mol. The Kier molecular flexibility index (Phi) is 5.67. The molecule has 128 valence electrons. The number of aliphatic carboxylic acids is 1. The zero-order valence-electron chi connectivity index (χ0n) is 13.8. The Morgan fingerprint density at radius 2 is 2.09 bits per heavy atom. The summed E-state index contributed by atoms with van der Waals surface area (Å²) in [6.07, 6.45) is 4.28. The van der Waals surface area contributed by atoms with Gasteiger partial charge in [0, 0.05) is 19.5 Å². The van der Waals surface area contributed by atoms with E-state index in [-0.39, 0.29) is 5.91 Å². The Balaban J connectivity index is 1.84. The second-order valence-electron chi connectivity index (χ2n) is 6.35. The second-order valence-corrected chi connectivity index (χ2v) is 7.13. The van der Waals surface area contributed by atoms with Crippen molar-refractivity contribution in [1.29, 1.82) is 0 Å². The molecule has 1 aliphatic carbocycles. The topological polar surface area (TPSA) is 97.1 Å². The van der Waals surface area contributed by atoms with Crippen LogP contribution in [0.25, 0.3) is 0 Å². The number of carboxylic acids is 1. The van der Waals surface area contributed by atoms with Crippen molar-refractivity contribution < 1.29 is 14.7 Å². The molecule has 8 heteroatoms. The summed E-state index contributed by atoms with van der Waals surface area (Å²) in [5, 5.41) is 21.1. The van der Waals surface area contributed by atoms with Gasteiger partial charge in [-0.05, 0) is 31.4 Å². The van der Waals surface area contributed by atoms with Crippen LogP contribution >= 0.6 is 11.8 Å². The second kappa shape index (κ2) is 7.33. The number of rotatable bonds is 9. The van der Waals surface area contributed by atoms with Gasteiger partial charge < -0.3 is 15.0 Å². The Bertz CT molecular complexity index is 581. The standard InChI is InChI=1S/C15H24N4O3S/c1-10(2)9-19-11(17-18-14(19)23-3)5-4-8-16-12(20)15(6-7-15)13(21)22/h10H,4-9H2,1-3H3,(H,16,20)(H,21,22). The van der Waals surface area contributed by atoms with E-state index in [0.29, 0.717) is 38.1 Å². The molecule has 1 amide bonds. The van der Waals surface area contributed by atoms with Gasteiger partial charge >= 0.3 is 5.97 Å². The molecule has 1 aromatic heterocycles. The minimum absolute atomic E-state index is 0.363. The first-order valence-corrected chi connectivity index (χ1v) is 9.11. The van der Waals surface area contributed by atoms with E-state index in [1.165, 1.54) is 0 Å². The van der Waals surface area contributed by atoms with E-state index in [1.54, 1.807) is 11.8 Å². The molecule has 23 heavy (non-hydrogen) atoms. The van der Waals surface area contributed by atoms with E-state index in [1.807, 2.05) is 6.26 Å². The maximum absolute atomic E-state index is 11.9. The summed E-state index contributed by atoms with van der Waals surface area (Å²) in [5.41, 5.74) is -1.16. The molecular weight excluding hydrogens is 316 g/mol. The number of aromatic nitrogens is 3. The van der Waals surface area contributed by atoms with E-state index in [9.17, 15) is 9.59 Å². The molecule has 0 spiro atoms. The van der Waals surface area contributed by atoms with Crippen molar-refractivity contribution in [2.45, 2.75) is 51.2 Å². The van der Waals surface area contributed by atoms with E-state index < -0.39 is 11.4 Å². The van der Waals surface area contributed by atoms with Crippen molar-refractivity contribution >= 4 is 23.6 Å². The molecule has 2 N–H and O–H groups in total. The Labute approximate surface area is 140 Å². The van der Waals surface area contributed by atoms with Crippen LogP contribution in [-0.4, -0.2) is 44.5 Å². The summed E-state index contributed by atoms with van der Waals surface area (Å²) in [6.45, 7) is 5.62. The van der Waals surface area contributed by atoms with Gasteiger partial charge in [-0.1, -0.05) is 25.6 Å². The summed E-state index contributed by atoms with van der Waals surface area (Å²) >= 11 is 1.57. The molecule has 0 unspecified atom stereocenters. The van der Waals surface area contributed by atoms with E-state index in [2.05, 4.69) is 33.9 Å². The van der Waals surface area contributed by atoms with E-state index in [0.717, 1.165) is 17.5 Å². The highest BCUT2D eigenvalue weighted by Gasteiger charge is 2.56. The Morgan fingerprint density at radius 3 is 2.61 bits per heavy atom. The third-order valence-corrected chi connectivity index (χ3v) is 4.65. The first-order valence-electron chi connectivity index (χ1n) is 7.88. The van der Waals surface area contributed by atoms with Crippen LogP contribution in [0.15, 0.2) is 5.16 Å². The zero-order chi connectivity index (χ0) is 17.0. The molecule has 1 aromatic rings. The molecule has 1 fully saturated rings. The van der Waals surface area contributed by atoms with E-state index >= 15 is 0 Å². The van der Waals surface area contributed by atoms with Gasteiger partial charge in [-0.3, -0.25) is 9.59 Å². The number of hydrogen-bond acceptors (Lipinski definition) is 5. The first kappa shape index (κ1) is 17.8. The van der Waals surface area contributed by atoms with Crippen LogP contribution in [0.4, 0.5) is 0 Å². The molecule has 0 radical (unpaired) electrons. The maximum Gasteiger partial charge on any atom is 0.319 e. The molecule has 0 atom stereocenters. The highest BCUT2D eigenvalue weighted by Crippen LogP contribution is 2.46. The van der Waals surface area contributed by atoms with Crippen molar-refractivity contribution in [3.8, 4) is 0 Å². The van der Waals surface area contributed by atoms with Crippen molar-refractivity contribution in [3.05, 3.63) is 5.82 Å². The maximum atomic E-state index is 11.9. The molecule has 2 rings (SSSR count). The minimum atomic E-state index is -1.16. The summed E-state index contributed by atoms with van der Waals surface area (Å²) < 4.78 is 2.12. The van der Waals surface area contributed by atoms with Gasteiger partial charge in [-0.2, -0.15) is 0 Å². The molecule has 1 aliphatic rings. The van der Waals surface area contributed by atoms with Gasteiger partial charge in [-0.25, -0.2) is 0 Å². The van der Waals surface area contributed by atoms with Crippen LogP contribution in [0.2, 0.25) is 0 Å². The van der Waals surface area contributed by atoms with E-state index in [4.69, 9.17) is 5.11 Å². The number of carboxylic acid groups (broad SMARTS) is 1. The highest BCUT2D eigenvalue weighted by atomic mass is 32.2. The average Bonchev–Trinajstić information content (AvgIpc) is 3.23. The number of thioether (sulfide) groups is 1. The lowest BCUT2D eigenvalue weighted by molar-refractivity contribution is -0.149. The Hall–Kier alpha value is -1.57. The number of aryl methyl sites for hydroxylation is 1.